The molecule has 23 heavy (non-hydrogen) atoms. The molecular formula is C16H24Cl2N2O2S. The van der Waals surface area contributed by atoms with E-state index in [1.807, 2.05) is 0 Å². The Morgan fingerprint density at radius 1 is 1.30 bits per heavy atom. The predicted molar refractivity (Wildman–Crippen MR) is 95.7 cm³/mol. The number of likely N-dealkylation sites (tertiary alicyclic amines) is 1. The molecule has 0 aromatic heterocycles. The number of sulfonamides is 1. The lowest BCUT2D eigenvalue weighted by Gasteiger charge is -2.17. The Hall–Kier alpha value is -0.330. The van der Waals surface area contributed by atoms with Gasteiger partial charge in [0.05, 0.1) is 14.9 Å². The molecule has 1 aromatic carbocycles. The number of halogens is 2. The summed E-state index contributed by atoms with van der Waals surface area (Å²) in [6.07, 6.45) is 3.20. The van der Waals surface area contributed by atoms with E-state index in [1.54, 1.807) is 0 Å². The molecule has 1 aliphatic rings. The zero-order chi connectivity index (χ0) is 17.0. The molecule has 0 amide bonds. The third-order valence-electron chi connectivity index (χ3n) is 4.05. The van der Waals surface area contributed by atoms with Crippen LogP contribution in [0.25, 0.3) is 0 Å². The Labute approximate surface area is 149 Å². The molecule has 0 saturated carbocycles. The fraction of sp³-hybridized carbons (Fsp3) is 0.625. The Bertz CT molecular complexity index is 635. The molecule has 0 radical (unpaired) electrons. The van der Waals surface area contributed by atoms with Crippen LogP contribution in [0.4, 0.5) is 0 Å². The largest absolute Gasteiger partial charge is 0.302 e. The molecule has 1 atom stereocenters. The minimum absolute atomic E-state index is 0.0477. The highest BCUT2D eigenvalue weighted by molar-refractivity contribution is 7.89. The van der Waals surface area contributed by atoms with Crippen molar-refractivity contribution in [2.24, 2.45) is 5.92 Å². The average Bonchev–Trinajstić information content (AvgIpc) is 2.88. The van der Waals surface area contributed by atoms with Crippen LogP contribution in [0.15, 0.2) is 23.1 Å². The van der Waals surface area contributed by atoms with Crippen molar-refractivity contribution < 1.29 is 8.42 Å². The summed E-state index contributed by atoms with van der Waals surface area (Å²) in [5, 5.41) is 0.596. The summed E-state index contributed by atoms with van der Waals surface area (Å²) in [6.45, 7) is 7.17. The van der Waals surface area contributed by atoms with Gasteiger partial charge in [0, 0.05) is 12.6 Å². The van der Waals surface area contributed by atoms with Crippen molar-refractivity contribution in [3.8, 4) is 0 Å². The van der Waals surface area contributed by atoms with E-state index in [2.05, 4.69) is 23.5 Å². The van der Waals surface area contributed by atoms with Crippen molar-refractivity contribution in [3.05, 3.63) is 28.2 Å². The zero-order valence-electron chi connectivity index (χ0n) is 13.6. The van der Waals surface area contributed by atoms with Gasteiger partial charge in [0.25, 0.3) is 0 Å². The van der Waals surface area contributed by atoms with Gasteiger partial charge in [-0.1, -0.05) is 37.0 Å². The number of hydrogen-bond acceptors (Lipinski definition) is 3. The minimum Gasteiger partial charge on any atom is -0.302 e. The Kier molecular flexibility index (Phi) is 6.75. The molecule has 1 unspecified atom stereocenters. The molecule has 7 heteroatoms. The highest BCUT2D eigenvalue weighted by atomic mass is 35.5. The monoisotopic (exact) mass is 378 g/mol. The quantitative estimate of drug-likeness (QED) is 0.784. The number of hydrogen-bond donors (Lipinski definition) is 1. The molecule has 1 aliphatic heterocycles. The predicted octanol–water partition coefficient (Wildman–Crippen LogP) is 3.78. The minimum atomic E-state index is -3.56. The summed E-state index contributed by atoms with van der Waals surface area (Å²) < 4.78 is 27.6. The summed E-state index contributed by atoms with van der Waals surface area (Å²) in [5.41, 5.74) is 0. The van der Waals surface area contributed by atoms with Crippen LogP contribution in [0.2, 0.25) is 10.0 Å². The third kappa shape index (κ3) is 5.61. The van der Waals surface area contributed by atoms with Crippen LogP contribution in [0.3, 0.4) is 0 Å². The van der Waals surface area contributed by atoms with Gasteiger partial charge in [0.15, 0.2) is 0 Å². The fourth-order valence-electron chi connectivity index (χ4n) is 2.79. The van der Waals surface area contributed by atoms with Crippen molar-refractivity contribution in [2.45, 2.75) is 44.0 Å². The molecule has 0 aliphatic carbocycles. The van der Waals surface area contributed by atoms with Gasteiger partial charge in [0.2, 0.25) is 10.0 Å². The summed E-state index contributed by atoms with van der Waals surface area (Å²) in [5.74, 6) is 0.710. The second kappa shape index (κ2) is 8.17. The lowest BCUT2D eigenvalue weighted by Crippen LogP contribution is -2.37. The third-order valence-corrected chi connectivity index (χ3v) is 6.31. The summed E-state index contributed by atoms with van der Waals surface area (Å²) in [6, 6.07) is 4.33. The molecule has 0 bridgehead atoms. The van der Waals surface area contributed by atoms with Crippen molar-refractivity contribution in [3.63, 3.8) is 0 Å². The van der Waals surface area contributed by atoms with Gasteiger partial charge in [-0.2, -0.15) is 0 Å². The van der Waals surface area contributed by atoms with Gasteiger partial charge in [0.1, 0.15) is 0 Å². The first kappa shape index (κ1) is 19.0. The number of nitrogens with one attached hydrogen (secondary N) is 1. The molecule has 1 fully saturated rings. The first-order chi connectivity index (χ1) is 10.8. The standard InChI is InChI=1S/C16H24Cl2N2O2S/c1-12(2)4-3-8-20-9-7-13(11-20)19-23(21,22)14-5-6-15(17)16(18)10-14/h5-6,10,12-13,19H,3-4,7-9,11H2,1-2H3. The number of rotatable bonds is 7. The lowest BCUT2D eigenvalue weighted by atomic mass is 10.1. The highest BCUT2D eigenvalue weighted by Gasteiger charge is 2.27. The maximum Gasteiger partial charge on any atom is 0.240 e. The van der Waals surface area contributed by atoms with Gasteiger partial charge < -0.3 is 4.90 Å². The Balaban J connectivity index is 1.90. The van der Waals surface area contributed by atoms with E-state index in [0.29, 0.717) is 10.9 Å². The number of nitrogens with zero attached hydrogens (tertiary/aromatic N) is 1. The van der Waals surface area contributed by atoms with E-state index >= 15 is 0 Å². The molecule has 130 valence electrons. The van der Waals surface area contributed by atoms with Gasteiger partial charge >= 0.3 is 0 Å². The molecule has 1 N–H and O–H groups in total. The van der Waals surface area contributed by atoms with Crippen LogP contribution in [-0.2, 0) is 10.0 Å². The average molecular weight is 379 g/mol. The van der Waals surface area contributed by atoms with E-state index in [9.17, 15) is 8.42 Å². The van der Waals surface area contributed by atoms with Crippen LogP contribution >= 0.6 is 23.2 Å². The van der Waals surface area contributed by atoms with Crippen LogP contribution in [0.5, 0.6) is 0 Å². The van der Waals surface area contributed by atoms with Gasteiger partial charge in [-0.3, -0.25) is 0 Å². The maximum absolute atomic E-state index is 12.4. The smallest absolute Gasteiger partial charge is 0.240 e. The maximum atomic E-state index is 12.4. The summed E-state index contributed by atoms with van der Waals surface area (Å²) >= 11 is 11.7. The highest BCUT2D eigenvalue weighted by Crippen LogP contribution is 2.25. The summed E-state index contributed by atoms with van der Waals surface area (Å²) in [7, 11) is -3.56. The normalized spacial score (nSPS) is 19.6. The van der Waals surface area contributed by atoms with Crippen LogP contribution in [-0.4, -0.2) is 39.0 Å². The van der Waals surface area contributed by atoms with Gasteiger partial charge in [-0.15, -0.1) is 0 Å². The second-order valence-corrected chi connectivity index (χ2v) is 9.05. The molecule has 1 heterocycles. The van der Waals surface area contributed by atoms with Crippen molar-refractivity contribution in [2.75, 3.05) is 19.6 Å². The van der Waals surface area contributed by atoms with E-state index in [-0.39, 0.29) is 16.0 Å². The van der Waals surface area contributed by atoms with Crippen LogP contribution in [0, 0.1) is 5.92 Å². The zero-order valence-corrected chi connectivity index (χ0v) is 15.9. The van der Waals surface area contributed by atoms with Crippen molar-refractivity contribution >= 4 is 33.2 Å². The van der Waals surface area contributed by atoms with Crippen molar-refractivity contribution in [1.29, 1.82) is 0 Å². The van der Waals surface area contributed by atoms with E-state index in [0.717, 1.165) is 32.5 Å². The first-order valence-electron chi connectivity index (χ1n) is 7.97. The first-order valence-corrected chi connectivity index (χ1v) is 10.2. The van der Waals surface area contributed by atoms with Gasteiger partial charge in [-0.25, -0.2) is 13.1 Å². The SMILES string of the molecule is CC(C)CCCN1CCC(NS(=O)(=O)c2ccc(Cl)c(Cl)c2)C1. The fourth-order valence-corrected chi connectivity index (χ4v) is 4.44. The lowest BCUT2D eigenvalue weighted by molar-refractivity contribution is 0.315. The molecule has 2 rings (SSSR count). The van der Waals surface area contributed by atoms with Crippen molar-refractivity contribution in [1.82, 2.24) is 9.62 Å². The van der Waals surface area contributed by atoms with Crippen LogP contribution in [0.1, 0.15) is 33.1 Å². The Morgan fingerprint density at radius 3 is 2.70 bits per heavy atom. The molecule has 4 nitrogen and oxygen atoms in total. The molecular weight excluding hydrogens is 355 g/mol. The van der Waals surface area contributed by atoms with Gasteiger partial charge in [-0.05, 0) is 56.5 Å². The molecule has 1 aromatic rings. The molecule has 0 spiro atoms. The van der Waals surface area contributed by atoms with Crippen LogP contribution < -0.4 is 4.72 Å². The number of benzene rings is 1. The van der Waals surface area contributed by atoms with E-state index in [1.165, 1.54) is 24.6 Å². The second-order valence-electron chi connectivity index (χ2n) is 6.52. The van der Waals surface area contributed by atoms with E-state index in [4.69, 9.17) is 23.2 Å². The Morgan fingerprint density at radius 2 is 2.04 bits per heavy atom. The summed E-state index contributed by atoms with van der Waals surface area (Å²) in [4.78, 5) is 2.48. The van der Waals surface area contributed by atoms with E-state index < -0.39 is 10.0 Å². The molecule has 1 saturated heterocycles. The topological polar surface area (TPSA) is 49.4 Å².